The van der Waals surface area contributed by atoms with Gasteiger partial charge in [0, 0.05) is 12.3 Å². The maximum atomic E-state index is 11.1. The molecule has 2 rings (SSSR count). The van der Waals surface area contributed by atoms with Crippen LogP contribution < -0.4 is 9.47 Å². The molecule has 0 bridgehead atoms. The lowest BCUT2D eigenvalue weighted by Crippen LogP contribution is -2.04. The standard InChI is InChI=1S/C14H13NO4/c1-18-11-5-6-12(14(16)17)13(8-11)19-9-10-4-2-3-7-15-10/h2-8H,9H2,1H3,(H,16,17). The number of hydrogen-bond donors (Lipinski definition) is 1. The summed E-state index contributed by atoms with van der Waals surface area (Å²) in [7, 11) is 1.51. The Balaban J connectivity index is 2.20. The second-order valence-corrected chi connectivity index (χ2v) is 3.78. The van der Waals surface area contributed by atoms with Gasteiger partial charge in [0.25, 0.3) is 0 Å². The maximum absolute atomic E-state index is 11.1. The summed E-state index contributed by atoms with van der Waals surface area (Å²) in [6.07, 6.45) is 1.66. The van der Waals surface area contributed by atoms with E-state index in [1.807, 2.05) is 6.07 Å². The third kappa shape index (κ3) is 3.22. The topological polar surface area (TPSA) is 68.7 Å². The first-order chi connectivity index (χ1) is 9.20. The second-order valence-electron chi connectivity index (χ2n) is 3.78. The Kier molecular flexibility index (Phi) is 3.97. The van der Waals surface area contributed by atoms with Crippen LogP contribution in [-0.2, 0) is 6.61 Å². The van der Waals surface area contributed by atoms with Crippen molar-refractivity contribution in [2.45, 2.75) is 6.61 Å². The minimum absolute atomic E-state index is 0.0942. The predicted octanol–water partition coefficient (Wildman–Crippen LogP) is 2.37. The van der Waals surface area contributed by atoms with Crippen LogP contribution in [-0.4, -0.2) is 23.2 Å². The van der Waals surface area contributed by atoms with Crippen LogP contribution in [0, 0.1) is 0 Å². The van der Waals surface area contributed by atoms with Crippen molar-refractivity contribution in [2.75, 3.05) is 7.11 Å². The van der Waals surface area contributed by atoms with E-state index in [0.29, 0.717) is 5.75 Å². The smallest absolute Gasteiger partial charge is 0.339 e. The molecule has 0 saturated carbocycles. The van der Waals surface area contributed by atoms with E-state index in [1.165, 1.54) is 13.2 Å². The number of carboxylic acid groups (broad SMARTS) is 1. The first-order valence-electron chi connectivity index (χ1n) is 5.64. The number of hydrogen-bond acceptors (Lipinski definition) is 4. The zero-order chi connectivity index (χ0) is 13.7. The summed E-state index contributed by atoms with van der Waals surface area (Å²) in [6, 6.07) is 10.0. The SMILES string of the molecule is COc1ccc(C(=O)O)c(OCc2ccccn2)c1. The molecule has 0 atom stereocenters. The maximum Gasteiger partial charge on any atom is 0.339 e. The van der Waals surface area contributed by atoms with Gasteiger partial charge in [0.15, 0.2) is 0 Å². The Morgan fingerprint density at radius 3 is 2.79 bits per heavy atom. The van der Waals surface area contributed by atoms with Crippen molar-refractivity contribution in [3.8, 4) is 11.5 Å². The molecule has 0 radical (unpaired) electrons. The third-order valence-electron chi connectivity index (χ3n) is 2.52. The molecule has 0 aliphatic rings. The monoisotopic (exact) mass is 259 g/mol. The summed E-state index contributed by atoms with van der Waals surface area (Å²) in [5.74, 6) is -0.239. The molecule has 0 spiro atoms. The number of benzene rings is 1. The van der Waals surface area contributed by atoms with Crippen LogP contribution in [0.5, 0.6) is 11.5 Å². The zero-order valence-corrected chi connectivity index (χ0v) is 10.4. The van der Waals surface area contributed by atoms with E-state index in [0.717, 1.165) is 5.69 Å². The molecule has 5 nitrogen and oxygen atoms in total. The van der Waals surface area contributed by atoms with Crippen molar-refractivity contribution in [3.63, 3.8) is 0 Å². The van der Waals surface area contributed by atoms with Gasteiger partial charge in [-0.1, -0.05) is 6.07 Å². The van der Waals surface area contributed by atoms with Crippen molar-refractivity contribution >= 4 is 5.97 Å². The lowest BCUT2D eigenvalue weighted by molar-refractivity contribution is 0.0691. The highest BCUT2D eigenvalue weighted by Crippen LogP contribution is 2.25. The van der Waals surface area contributed by atoms with Gasteiger partial charge in [-0.25, -0.2) is 4.79 Å². The highest BCUT2D eigenvalue weighted by Gasteiger charge is 2.12. The zero-order valence-electron chi connectivity index (χ0n) is 10.4. The van der Waals surface area contributed by atoms with Gasteiger partial charge in [-0.2, -0.15) is 0 Å². The first-order valence-corrected chi connectivity index (χ1v) is 5.64. The Labute approximate surface area is 110 Å². The molecule has 0 aliphatic heterocycles. The Bertz CT molecular complexity index is 569. The van der Waals surface area contributed by atoms with Crippen LogP contribution >= 0.6 is 0 Å². The van der Waals surface area contributed by atoms with Crippen LogP contribution in [0.15, 0.2) is 42.6 Å². The van der Waals surface area contributed by atoms with Gasteiger partial charge >= 0.3 is 5.97 Å². The van der Waals surface area contributed by atoms with Gasteiger partial charge < -0.3 is 14.6 Å². The number of pyridine rings is 1. The van der Waals surface area contributed by atoms with E-state index in [4.69, 9.17) is 14.6 Å². The molecule has 2 aromatic rings. The number of aromatic carboxylic acids is 1. The van der Waals surface area contributed by atoms with Gasteiger partial charge in [0.05, 0.1) is 12.8 Å². The number of nitrogens with zero attached hydrogens (tertiary/aromatic N) is 1. The molecule has 1 N–H and O–H groups in total. The number of carbonyl (C=O) groups is 1. The van der Waals surface area contributed by atoms with Gasteiger partial charge in [-0.3, -0.25) is 4.98 Å². The number of carboxylic acids is 1. The van der Waals surface area contributed by atoms with Crippen molar-refractivity contribution in [1.29, 1.82) is 0 Å². The molecule has 5 heteroatoms. The summed E-state index contributed by atoms with van der Waals surface area (Å²) >= 11 is 0. The second kappa shape index (κ2) is 5.86. The van der Waals surface area contributed by atoms with Gasteiger partial charge in [-0.15, -0.1) is 0 Å². The highest BCUT2D eigenvalue weighted by molar-refractivity contribution is 5.91. The van der Waals surface area contributed by atoms with Gasteiger partial charge in [0.1, 0.15) is 23.7 Å². The molecular weight excluding hydrogens is 246 g/mol. The van der Waals surface area contributed by atoms with Crippen LogP contribution in [0.3, 0.4) is 0 Å². The van der Waals surface area contributed by atoms with Gasteiger partial charge in [-0.05, 0) is 24.3 Å². The lowest BCUT2D eigenvalue weighted by Gasteiger charge is -2.10. The Morgan fingerprint density at radius 1 is 1.32 bits per heavy atom. The molecule has 19 heavy (non-hydrogen) atoms. The van der Waals surface area contributed by atoms with Crippen LogP contribution in [0.25, 0.3) is 0 Å². The van der Waals surface area contributed by atoms with E-state index in [9.17, 15) is 4.79 Å². The largest absolute Gasteiger partial charge is 0.497 e. The molecule has 1 heterocycles. The number of rotatable bonds is 5. The van der Waals surface area contributed by atoms with E-state index >= 15 is 0 Å². The van der Waals surface area contributed by atoms with Crippen molar-refractivity contribution in [1.82, 2.24) is 4.98 Å². The minimum Gasteiger partial charge on any atom is -0.497 e. The van der Waals surface area contributed by atoms with Gasteiger partial charge in [0.2, 0.25) is 0 Å². The summed E-state index contributed by atoms with van der Waals surface area (Å²) in [4.78, 5) is 15.2. The molecule has 1 aromatic heterocycles. The summed E-state index contributed by atoms with van der Waals surface area (Å²) < 4.78 is 10.6. The highest BCUT2D eigenvalue weighted by atomic mass is 16.5. The van der Waals surface area contributed by atoms with Crippen LogP contribution in [0.4, 0.5) is 0 Å². The molecule has 0 amide bonds. The fourth-order valence-electron chi connectivity index (χ4n) is 1.56. The molecular formula is C14H13NO4. The average Bonchev–Trinajstić information content (AvgIpc) is 2.45. The third-order valence-corrected chi connectivity index (χ3v) is 2.52. The summed E-state index contributed by atoms with van der Waals surface area (Å²) in [6.45, 7) is 0.203. The number of methoxy groups -OCH3 is 1. The van der Waals surface area contributed by atoms with Crippen LogP contribution in [0.1, 0.15) is 16.1 Å². The minimum atomic E-state index is -1.04. The van der Waals surface area contributed by atoms with E-state index in [2.05, 4.69) is 4.98 Å². The normalized spacial score (nSPS) is 9.95. The fraction of sp³-hybridized carbons (Fsp3) is 0.143. The molecule has 0 saturated heterocycles. The molecule has 0 unspecified atom stereocenters. The summed E-state index contributed by atoms with van der Waals surface area (Å²) in [5, 5.41) is 9.09. The molecule has 0 aliphatic carbocycles. The summed E-state index contributed by atoms with van der Waals surface area (Å²) in [5.41, 5.74) is 0.818. The van der Waals surface area contributed by atoms with Crippen molar-refractivity contribution in [2.24, 2.45) is 0 Å². The molecule has 0 fully saturated rings. The van der Waals surface area contributed by atoms with Crippen molar-refractivity contribution < 1.29 is 19.4 Å². The van der Waals surface area contributed by atoms with E-state index < -0.39 is 5.97 Å². The predicted molar refractivity (Wildman–Crippen MR) is 68.5 cm³/mol. The average molecular weight is 259 g/mol. The molecule has 1 aromatic carbocycles. The number of ether oxygens (including phenoxy) is 2. The lowest BCUT2D eigenvalue weighted by atomic mass is 10.2. The molecule has 98 valence electrons. The Hall–Kier alpha value is -2.56. The Morgan fingerprint density at radius 2 is 2.16 bits per heavy atom. The number of aromatic nitrogens is 1. The quantitative estimate of drug-likeness (QED) is 0.892. The van der Waals surface area contributed by atoms with Crippen molar-refractivity contribution in [3.05, 3.63) is 53.9 Å². The van der Waals surface area contributed by atoms with E-state index in [-0.39, 0.29) is 17.9 Å². The first kappa shape index (κ1) is 12.9. The van der Waals surface area contributed by atoms with E-state index in [1.54, 1.807) is 30.5 Å². The fourth-order valence-corrected chi connectivity index (χ4v) is 1.56. The van der Waals surface area contributed by atoms with Crippen LogP contribution in [0.2, 0.25) is 0 Å².